The van der Waals surface area contributed by atoms with E-state index in [2.05, 4.69) is 58.4 Å². The van der Waals surface area contributed by atoms with Gasteiger partial charge in [-0.3, -0.25) is 0 Å². The van der Waals surface area contributed by atoms with Gasteiger partial charge in [-0.25, -0.2) is 0 Å². The molecule has 4 nitrogen and oxygen atoms in total. The molecule has 1 aromatic rings. The van der Waals surface area contributed by atoms with Crippen molar-refractivity contribution < 1.29 is 0 Å². The molecule has 0 aliphatic heterocycles. The first-order valence-corrected chi connectivity index (χ1v) is 9.53. The van der Waals surface area contributed by atoms with Crippen molar-refractivity contribution in [2.75, 3.05) is 4.04 Å². The van der Waals surface area contributed by atoms with Crippen molar-refractivity contribution in [2.45, 2.75) is 38.0 Å². The molecule has 0 radical (unpaired) electrons. The molecule has 0 N–H and O–H groups in total. The van der Waals surface area contributed by atoms with Crippen LogP contribution in [0.2, 0.25) is 0 Å². The summed E-state index contributed by atoms with van der Waals surface area (Å²) in [6, 6.07) is 0. The first-order chi connectivity index (χ1) is 7.93. The summed E-state index contributed by atoms with van der Waals surface area (Å²) in [5, 5.41) is 0. The number of hydrogen-bond donors (Lipinski definition) is 1. The third kappa shape index (κ3) is 2.87. The maximum absolute atomic E-state index is 11.8. The predicted octanol–water partition coefficient (Wildman–Crippen LogP) is 2.17. The molecule has 0 bridgehead atoms. The van der Waals surface area contributed by atoms with Gasteiger partial charge in [0.2, 0.25) is 0 Å². The minimum atomic E-state index is -0.396. The van der Waals surface area contributed by atoms with Crippen LogP contribution >= 0.6 is 58.4 Å². The fourth-order valence-electron chi connectivity index (χ4n) is 1.27. The normalized spacial score (nSPS) is 12.8. The Morgan fingerprint density at radius 3 is 1.78 bits per heavy atom. The van der Waals surface area contributed by atoms with Crippen molar-refractivity contribution >= 4 is 95.8 Å². The molecule has 0 amide bonds. The standard InChI is InChI=1S/C10H14I2N2O2S.Tl/c1-9(2,10(3,4)17)14(12)6-5(13-11)7(15)8(6)16;/h1-4H3,(H2,13,16,17);/q;+1/p-1. The Hall–Kier alpha value is 1.41. The molecule has 0 aliphatic rings. The van der Waals surface area contributed by atoms with E-state index in [0.717, 1.165) is 0 Å². The summed E-state index contributed by atoms with van der Waals surface area (Å²) < 4.78 is 3.36. The third-order valence-electron chi connectivity index (χ3n) is 3.26. The molecule has 0 atom stereocenters. The van der Waals surface area contributed by atoms with Crippen LogP contribution in [0.15, 0.2) is 9.59 Å². The number of halogens is 2. The first kappa shape index (κ1) is 17.5. The topological polar surface area (TPSA) is 40.6 Å². The van der Waals surface area contributed by atoms with Crippen LogP contribution in [0, 0.1) is 0 Å². The first-order valence-electron chi connectivity index (χ1n) is 5.15. The number of thiol groups is 1. The van der Waals surface area contributed by atoms with Crippen LogP contribution < -0.4 is 14.9 Å². The summed E-state index contributed by atoms with van der Waals surface area (Å²) in [7, 11) is 0. The second kappa shape index (κ2) is 5.66. The van der Waals surface area contributed by atoms with Gasteiger partial charge in [-0.1, -0.05) is 0 Å². The monoisotopic (exact) mass is 684 g/mol. The van der Waals surface area contributed by atoms with Crippen LogP contribution in [0.5, 0.6) is 0 Å². The van der Waals surface area contributed by atoms with Crippen molar-refractivity contribution in [3.8, 4) is 0 Å². The van der Waals surface area contributed by atoms with Gasteiger partial charge in [-0.15, -0.1) is 0 Å². The predicted molar refractivity (Wildman–Crippen MR) is 97.3 cm³/mol. The number of anilines is 2. The Kier molecular flexibility index (Phi) is 5.49. The molecule has 1 rings (SSSR count). The molecule has 0 aromatic heterocycles. The van der Waals surface area contributed by atoms with Gasteiger partial charge in [0, 0.05) is 0 Å². The Labute approximate surface area is 156 Å². The summed E-state index contributed by atoms with van der Waals surface area (Å²) >= 11 is 9.25. The van der Waals surface area contributed by atoms with Crippen LogP contribution in [0.4, 0.5) is 11.4 Å². The van der Waals surface area contributed by atoms with Crippen molar-refractivity contribution in [3.63, 3.8) is 0 Å². The third-order valence-corrected chi connectivity index (χ3v) is 6.98. The quantitative estimate of drug-likeness (QED) is 0.174. The molecular formula is C10H13I2N2O2STl. The molecule has 0 fully saturated rings. The molecule has 0 saturated heterocycles. The van der Waals surface area contributed by atoms with E-state index in [9.17, 15) is 9.59 Å². The Morgan fingerprint density at radius 2 is 1.44 bits per heavy atom. The average molecular weight is 683 g/mol. The van der Waals surface area contributed by atoms with E-state index in [4.69, 9.17) is 0 Å². The Morgan fingerprint density at radius 1 is 1.06 bits per heavy atom. The molecule has 0 heterocycles. The molecule has 0 unspecified atom stereocenters. The summed E-state index contributed by atoms with van der Waals surface area (Å²) in [6.07, 6.45) is 0. The van der Waals surface area contributed by atoms with E-state index in [-0.39, 0.29) is 15.7 Å². The van der Waals surface area contributed by atoms with Crippen LogP contribution in [0.1, 0.15) is 27.7 Å². The van der Waals surface area contributed by atoms with E-state index in [1.807, 2.05) is 31.7 Å². The Balaban J connectivity index is 3.30. The van der Waals surface area contributed by atoms with Crippen molar-refractivity contribution in [1.29, 1.82) is 0 Å². The molecule has 0 aliphatic carbocycles. The molecule has 8 heteroatoms. The van der Waals surface area contributed by atoms with Gasteiger partial charge in [0.05, 0.1) is 0 Å². The number of rotatable bonds is 4. The molecule has 0 spiro atoms. The van der Waals surface area contributed by atoms with Gasteiger partial charge in [0.25, 0.3) is 0 Å². The maximum atomic E-state index is 11.8. The summed E-state index contributed by atoms with van der Waals surface area (Å²) in [4.78, 5) is 23.4. The van der Waals surface area contributed by atoms with Gasteiger partial charge in [-0.2, -0.15) is 0 Å². The fourth-order valence-corrected chi connectivity index (χ4v) is 3.99. The summed E-state index contributed by atoms with van der Waals surface area (Å²) in [5.74, 6) is 0. The van der Waals surface area contributed by atoms with E-state index in [0.29, 0.717) is 37.4 Å². The molecule has 98 valence electrons. The minimum absolute atomic E-state index is 0.311. The van der Waals surface area contributed by atoms with Crippen LogP contribution in [-0.2, 0) is 0 Å². The molecule has 18 heavy (non-hydrogen) atoms. The molecule has 1 aromatic carbocycles. The van der Waals surface area contributed by atoms with Crippen molar-refractivity contribution in [3.05, 3.63) is 20.4 Å². The van der Waals surface area contributed by atoms with Gasteiger partial charge in [-0.05, 0) is 0 Å². The summed E-state index contributed by atoms with van der Waals surface area (Å²) in [6.45, 7) is 8.02. The van der Waals surface area contributed by atoms with Crippen molar-refractivity contribution in [2.24, 2.45) is 0 Å². The van der Waals surface area contributed by atoms with E-state index < -0.39 is 5.43 Å². The number of hydrogen-bond acceptors (Lipinski definition) is 5. The number of nitrogens with zero attached hydrogens (tertiary/aromatic N) is 2. The van der Waals surface area contributed by atoms with Gasteiger partial charge >= 0.3 is 158 Å². The van der Waals surface area contributed by atoms with Crippen molar-refractivity contribution in [1.82, 2.24) is 0 Å². The average Bonchev–Trinajstić information content (AvgIpc) is 2.20. The summed E-state index contributed by atoms with van der Waals surface area (Å²) in [5.41, 5.74) is -0.0933. The van der Waals surface area contributed by atoms with Crippen LogP contribution in [0.25, 0.3) is 0 Å². The van der Waals surface area contributed by atoms with Crippen LogP contribution in [-0.4, -0.2) is 36.4 Å². The van der Waals surface area contributed by atoms with Crippen LogP contribution in [0.3, 0.4) is 0 Å². The van der Waals surface area contributed by atoms with E-state index >= 15 is 0 Å². The van der Waals surface area contributed by atoms with E-state index in [1.54, 1.807) is 0 Å². The Bertz CT molecular complexity index is 533. The SMILES string of the molecule is CC(C)(S)C(C)(C)N(I)c1c([N](I)[Tl])c(=O)c1=O. The zero-order chi connectivity index (χ0) is 14.5. The van der Waals surface area contributed by atoms with Gasteiger partial charge in [0.15, 0.2) is 0 Å². The zero-order valence-corrected chi connectivity index (χ0v) is 20.2. The molecular weight excluding hydrogens is 670 g/mol. The second-order valence-electron chi connectivity index (χ2n) is 5.07. The van der Waals surface area contributed by atoms with Gasteiger partial charge < -0.3 is 0 Å². The fraction of sp³-hybridized carbons (Fsp3) is 0.600. The zero-order valence-electron chi connectivity index (χ0n) is 10.5. The molecule has 0 saturated carbocycles. The van der Waals surface area contributed by atoms with Gasteiger partial charge in [0.1, 0.15) is 0 Å². The second-order valence-corrected chi connectivity index (χ2v) is 14.3. The van der Waals surface area contributed by atoms with E-state index in [1.165, 1.54) is 0 Å².